The SMILES string of the molecule is Cc1ccc(S(C)(=O)=O)cc1NC(=O)Cc1csc(-c2ccsc2)n1. The van der Waals surface area contributed by atoms with Gasteiger partial charge in [0.1, 0.15) is 5.01 Å². The summed E-state index contributed by atoms with van der Waals surface area (Å²) in [7, 11) is -3.32. The second kappa shape index (κ2) is 7.07. The second-order valence-corrected chi connectivity index (χ2v) is 9.28. The summed E-state index contributed by atoms with van der Waals surface area (Å²) >= 11 is 3.10. The Labute approximate surface area is 154 Å². The molecule has 5 nitrogen and oxygen atoms in total. The number of carbonyl (C=O) groups excluding carboxylic acids is 1. The van der Waals surface area contributed by atoms with Crippen LogP contribution >= 0.6 is 22.7 Å². The number of thiazole rings is 1. The Hall–Kier alpha value is -2.03. The van der Waals surface area contributed by atoms with Crippen LogP contribution in [0, 0.1) is 6.92 Å². The molecule has 25 heavy (non-hydrogen) atoms. The summed E-state index contributed by atoms with van der Waals surface area (Å²) in [4.78, 5) is 17.0. The predicted molar refractivity (Wildman–Crippen MR) is 102 cm³/mol. The lowest BCUT2D eigenvalue weighted by Gasteiger charge is -2.09. The Bertz CT molecular complexity index is 1010. The fourth-order valence-electron chi connectivity index (χ4n) is 2.23. The van der Waals surface area contributed by atoms with E-state index in [2.05, 4.69) is 10.3 Å². The molecule has 2 heterocycles. The normalized spacial score (nSPS) is 11.4. The number of rotatable bonds is 5. The van der Waals surface area contributed by atoms with Crippen molar-refractivity contribution in [1.29, 1.82) is 0 Å². The van der Waals surface area contributed by atoms with Gasteiger partial charge < -0.3 is 5.32 Å². The van der Waals surface area contributed by atoms with Crippen LogP contribution in [0.25, 0.3) is 10.6 Å². The summed E-state index contributed by atoms with van der Waals surface area (Å²) in [5.74, 6) is -0.226. The molecule has 0 unspecified atom stereocenters. The molecule has 2 aromatic heterocycles. The Balaban J connectivity index is 1.73. The number of thiophene rings is 1. The molecule has 0 saturated carbocycles. The van der Waals surface area contributed by atoms with Crippen LogP contribution in [0.15, 0.2) is 45.3 Å². The van der Waals surface area contributed by atoms with Gasteiger partial charge in [0.05, 0.1) is 17.0 Å². The number of sulfone groups is 1. The maximum Gasteiger partial charge on any atom is 0.230 e. The highest BCUT2D eigenvalue weighted by Gasteiger charge is 2.13. The van der Waals surface area contributed by atoms with Crippen molar-refractivity contribution in [1.82, 2.24) is 4.98 Å². The number of aryl methyl sites for hydroxylation is 1. The number of anilines is 1. The van der Waals surface area contributed by atoms with Crippen molar-refractivity contribution in [2.24, 2.45) is 0 Å². The fourth-order valence-corrected chi connectivity index (χ4v) is 4.41. The van der Waals surface area contributed by atoms with Gasteiger partial charge in [-0.25, -0.2) is 13.4 Å². The maximum absolute atomic E-state index is 12.3. The standard InChI is InChI=1S/C17H16N2O3S3/c1-11-3-4-14(25(2,21)22)8-15(11)19-16(20)7-13-10-24-17(18-13)12-5-6-23-9-12/h3-6,8-10H,7H2,1-2H3,(H,19,20). The van der Waals surface area contributed by atoms with E-state index >= 15 is 0 Å². The molecule has 0 spiro atoms. The molecule has 1 aromatic carbocycles. The van der Waals surface area contributed by atoms with Gasteiger partial charge in [0, 0.05) is 28.3 Å². The molecule has 1 N–H and O–H groups in total. The van der Waals surface area contributed by atoms with Gasteiger partial charge in [0.25, 0.3) is 0 Å². The highest BCUT2D eigenvalue weighted by atomic mass is 32.2. The van der Waals surface area contributed by atoms with Crippen molar-refractivity contribution in [2.75, 3.05) is 11.6 Å². The first-order chi connectivity index (χ1) is 11.8. The maximum atomic E-state index is 12.3. The van der Waals surface area contributed by atoms with Gasteiger partial charge in [-0.2, -0.15) is 11.3 Å². The van der Waals surface area contributed by atoms with Crippen LogP contribution in [0.3, 0.4) is 0 Å². The smallest absolute Gasteiger partial charge is 0.230 e. The number of aromatic nitrogens is 1. The van der Waals surface area contributed by atoms with Gasteiger partial charge in [0.2, 0.25) is 5.91 Å². The van der Waals surface area contributed by atoms with Gasteiger partial charge in [-0.3, -0.25) is 4.79 Å². The highest BCUT2D eigenvalue weighted by molar-refractivity contribution is 7.90. The minimum Gasteiger partial charge on any atom is -0.325 e. The van der Waals surface area contributed by atoms with Gasteiger partial charge in [-0.1, -0.05) is 6.07 Å². The molecule has 3 rings (SSSR count). The first-order valence-corrected chi connectivity index (χ1v) is 11.1. The minimum absolute atomic E-state index is 0.142. The Morgan fingerprint density at radius 2 is 2.04 bits per heavy atom. The monoisotopic (exact) mass is 392 g/mol. The van der Waals surface area contributed by atoms with E-state index in [0.717, 1.165) is 22.4 Å². The number of carbonyl (C=O) groups is 1. The van der Waals surface area contributed by atoms with E-state index in [-0.39, 0.29) is 17.2 Å². The van der Waals surface area contributed by atoms with Crippen LogP contribution in [-0.2, 0) is 21.1 Å². The highest BCUT2D eigenvalue weighted by Crippen LogP contribution is 2.26. The summed E-state index contributed by atoms with van der Waals surface area (Å²) < 4.78 is 23.3. The molecule has 0 fully saturated rings. The average Bonchev–Trinajstić information content (AvgIpc) is 3.19. The largest absolute Gasteiger partial charge is 0.325 e. The minimum atomic E-state index is -3.32. The molecule has 130 valence electrons. The lowest BCUT2D eigenvalue weighted by molar-refractivity contribution is -0.115. The zero-order valence-electron chi connectivity index (χ0n) is 13.6. The number of nitrogens with zero attached hydrogens (tertiary/aromatic N) is 1. The number of benzene rings is 1. The molecule has 0 aliphatic rings. The molecule has 1 amide bonds. The molecule has 0 atom stereocenters. The van der Waals surface area contributed by atoms with Crippen molar-refractivity contribution in [3.8, 4) is 10.6 Å². The summed E-state index contributed by atoms with van der Waals surface area (Å²) in [6.07, 6.45) is 1.29. The summed E-state index contributed by atoms with van der Waals surface area (Å²) in [6, 6.07) is 6.70. The van der Waals surface area contributed by atoms with Crippen LogP contribution in [-0.4, -0.2) is 25.6 Å². The molecule has 0 aliphatic carbocycles. The molecule has 0 bridgehead atoms. The van der Waals surface area contributed by atoms with E-state index < -0.39 is 9.84 Å². The third-order valence-corrected chi connectivity index (χ3v) is 6.31. The van der Waals surface area contributed by atoms with E-state index in [0.29, 0.717) is 11.4 Å². The van der Waals surface area contributed by atoms with Crippen LogP contribution in [0.1, 0.15) is 11.3 Å². The van der Waals surface area contributed by atoms with E-state index in [1.165, 1.54) is 23.5 Å². The number of hydrogen-bond donors (Lipinski definition) is 1. The summed E-state index contributed by atoms with van der Waals surface area (Å²) in [5, 5.41) is 9.54. The number of amides is 1. The lowest BCUT2D eigenvalue weighted by atomic mass is 10.2. The van der Waals surface area contributed by atoms with Crippen LogP contribution < -0.4 is 5.32 Å². The molecule has 0 aliphatic heterocycles. The lowest BCUT2D eigenvalue weighted by Crippen LogP contribution is -2.15. The predicted octanol–water partition coefficient (Wildman–Crippen LogP) is 3.76. The van der Waals surface area contributed by atoms with Crippen molar-refractivity contribution < 1.29 is 13.2 Å². The van der Waals surface area contributed by atoms with E-state index in [1.807, 2.05) is 29.1 Å². The molecule has 8 heteroatoms. The zero-order chi connectivity index (χ0) is 18.0. The zero-order valence-corrected chi connectivity index (χ0v) is 16.1. The summed E-state index contributed by atoms with van der Waals surface area (Å²) in [6.45, 7) is 1.82. The van der Waals surface area contributed by atoms with Crippen molar-refractivity contribution in [3.63, 3.8) is 0 Å². The molecule has 0 radical (unpaired) electrons. The van der Waals surface area contributed by atoms with Crippen LogP contribution in [0.4, 0.5) is 5.69 Å². The third-order valence-electron chi connectivity index (χ3n) is 3.57. The first kappa shape index (κ1) is 17.8. The van der Waals surface area contributed by atoms with Crippen molar-refractivity contribution in [3.05, 3.63) is 51.7 Å². The van der Waals surface area contributed by atoms with Crippen LogP contribution in [0.5, 0.6) is 0 Å². The molecule has 0 saturated heterocycles. The second-order valence-electron chi connectivity index (χ2n) is 5.63. The average molecular weight is 393 g/mol. The summed E-state index contributed by atoms with van der Waals surface area (Å²) in [5.41, 5.74) is 3.05. The van der Waals surface area contributed by atoms with Gasteiger partial charge >= 0.3 is 0 Å². The molecular weight excluding hydrogens is 376 g/mol. The first-order valence-electron chi connectivity index (χ1n) is 7.40. The number of nitrogens with one attached hydrogen (secondary N) is 1. The fraction of sp³-hybridized carbons (Fsp3) is 0.176. The van der Waals surface area contributed by atoms with E-state index in [9.17, 15) is 13.2 Å². The third kappa shape index (κ3) is 4.33. The topological polar surface area (TPSA) is 76.1 Å². The van der Waals surface area contributed by atoms with E-state index in [4.69, 9.17) is 0 Å². The molecule has 3 aromatic rings. The number of hydrogen-bond acceptors (Lipinski definition) is 6. The van der Waals surface area contributed by atoms with Crippen molar-refractivity contribution >= 4 is 44.1 Å². The molecular formula is C17H16N2O3S3. The Morgan fingerprint density at radius 1 is 1.24 bits per heavy atom. The van der Waals surface area contributed by atoms with Gasteiger partial charge in [-0.15, -0.1) is 11.3 Å². The van der Waals surface area contributed by atoms with E-state index in [1.54, 1.807) is 17.4 Å². The van der Waals surface area contributed by atoms with Crippen molar-refractivity contribution in [2.45, 2.75) is 18.2 Å². The van der Waals surface area contributed by atoms with Gasteiger partial charge in [-0.05, 0) is 36.1 Å². The Kier molecular flexibility index (Phi) is 5.03. The quantitative estimate of drug-likeness (QED) is 0.717. The van der Waals surface area contributed by atoms with Gasteiger partial charge in [0.15, 0.2) is 9.84 Å². The van der Waals surface area contributed by atoms with Crippen LogP contribution in [0.2, 0.25) is 0 Å². The Morgan fingerprint density at radius 3 is 2.72 bits per heavy atom.